The van der Waals surface area contributed by atoms with E-state index < -0.39 is 18.2 Å². The third kappa shape index (κ3) is 7.04. The van der Waals surface area contributed by atoms with Gasteiger partial charge in [0.2, 0.25) is 11.9 Å². The zero-order valence-electron chi connectivity index (χ0n) is 23.2. The van der Waals surface area contributed by atoms with Gasteiger partial charge in [-0.15, -0.1) is 0 Å². The van der Waals surface area contributed by atoms with Gasteiger partial charge in [-0.05, 0) is 54.3 Å². The second-order valence-corrected chi connectivity index (χ2v) is 10.7. The Morgan fingerprint density at radius 3 is 2.60 bits per heavy atom. The summed E-state index contributed by atoms with van der Waals surface area (Å²) in [5.74, 6) is 7.03. The van der Waals surface area contributed by atoms with Crippen LogP contribution in [-0.4, -0.2) is 34.8 Å². The van der Waals surface area contributed by atoms with Crippen LogP contribution >= 0.6 is 11.6 Å². The first-order valence-corrected chi connectivity index (χ1v) is 13.8. The number of halogens is 3. The summed E-state index contributed by atoms with van der Waals surface area (Å²) < 4.78 is 31.7. The number of benzene rings is 2. The molecule has 43 heavy (non-hydrogen) atoms. The molecule has 1 fully saturated rings. The topological polar surface area (TPSA) is 146 Å². The number of hydrogen-bond donors (Lipinski definition) is 5. The van der Waals surface area contributed by atoms with Crippen LogP contribution < -0.4 is 26.6 Å². The second kappa shape index (κ2) is 12.7. The summed E-state index contributed by atoms with van der Waals surface area (Å²) in [5, 5.41) is 15.2. The van der Waals surface area contributed by atoms with Crippen molar-refractivity contribution in [2.75, 3.05) is 17.4 Å². The lowest BCUT2D eigenvalue weighted by Gasteiger charge is -2.19. The van der Waals surface area contributed by atoms with E-state index in [4.69, 9.17) is 23.2 Å². The van der Waals surface area contributed by atoms with Gasteiger partial charge in [-0.3, -0.25) is 15.5 Å². The van der Waals surface area contributed by atoms with Gasteiger partial charge in [0.1, 0.15) is 11.7 Å². The Labute approximate surface area is 251 Å². The number of rotatable bonds is 10. The summed E-state index contributed by atoms with van der Waals surface area (Å²) in [6, 6.07) is 15.6. The van der Waals surface area contributed by atoms with Crippen molar-refractivity contribution in [3.63, 3.8) is 0 Å². The first kappa shape index (κ1) is 29.8. The summed E-state index contributed by atoms with van der Waals surface area (Å²) >= 11 is 6.26. The number of carbonyl (C=O) groups excluding carboxylic acids is 1. The molecule has 7 N–H and O–H groups in total. The number of alkyl halides is 2. The first-order valence-electron chi connectivity index (χ1n) is 13.5. The Kier molecular flexibility index (Phi) is 8.78. The summed E-state index contributed by atoms with van der Waals surface area (Å²) in [5.41, 5.74) is 9.00. The maximum Gasteiger partial charge on any atom is 0.411 e. The number of allylic oxidation sites excluding steroid dienone is 1. The van der Waals surface area contributed by atoms with Crippen LogP contribution in [0.5, 0.6) is 0 Å². The van der Waals surface area contributed by atoms with Gasteiger partial charge in [0, 0.05) is 33.3 Å². The lowest BCUT2D eigenvalue weighted by molar-refractivity contribution is -0.909. The number of methoxy groups -OCH3 is 1. The molecule has 1 saturated carbocycles. The van der Waals surface area contributed by atoms with Crippen molar-refractivity contribution in [2.24, 2.45) is 17.5 Å². The normalized spacial score (nSPS) is 14.0. The highest BCUT2D eigenvalue weighted by atomic mass is 35.5. The first-order chi connectivity index (χ1) is 20.6. The van der Waals surface area contributed by atoms with E-state index in [1.807, 2.05) is 18.2 Å². The smallest absolute Gasteiger partial charge is 0.411 e. The van der Waals surface area contributed by atoms with E-state index in [2.05, 4.69) is 20.0 Å². The van der Waals surface area contributed by atoms with Gasteiger partial charge < -0.3 is 15.5 Å². The number of pyridine rings is 1. The highest BCUT2D eigenvalue weighted by Crippen LogP contribution is 2.41. The molecule has 2 aromatic carbocycles. The lowest BCUT2D eigenvalue weighted by atomic mass is 9.95. The molecule has 13 heteroatoms. The predicted molar refractivity (Wildman–Crippen MR) is 158 cm³/mol. The minimum absolute atomic E-state index is 0.237. The molecular weight excluding hydrogens is 580 g/mol. The van der Waals surface area contributed by atoms with Crippen LogP contribution in [0.4, 0.5) is 25.0 Å². The second-order valence-electron chi connectivity index (χ2n) is 10.3. The largest absolute Gasteiger partial charge is 0.453 e. The molecule has 0 radical (unpaired) electrons. The summed E-state index contributed by atoms with van der Waals surface area (Å²) in [6.45, 7) is 0. The van der Waals surface area contributed by atoms with E-state index in [9.17, 15) is 18.8 Å². The minimum Gasteiger partial charge on any atom is -0.453 e. The van der Waals surface area contributed by atoms with Gasteiger partial charge >= 0.3 is 6.09 Å². The van der Waals surface area contributed by atoms with Crippen LogP contribution in [0.2, 0.25) is 5.02 Å². The molecule has 1 unspecified atom stereocenters. The number of ether oxygens (including phenoxy) is 1. The average Bonchev–Trinajstić information content (AvgIpc) is 3.68. The number of hydrazine groups is 1. The third-order valence-electron chi connectivity index (χ3n) is 7.22. The Bertz CT molecular complexity index is 1640. The summed E-state index contributed by atoms with van der Waals surface area (Å²) in [4.78, 5) is 19.5. The van der Waals surface area contributed by atoms with Crippen molar-refractivity contribution in [2.45, 2.75) is 31.6 Å². The van der Waals surface area contributed by atoms with Crippen molar-refractivity contribution in [1.29, 1.82) is 0 Å². The van der Waals surface area contributed by atoms with Crippen molar-refractivity contribution in [1.82, 2.24) is 9.97 Å². The van der Waals surface area contributed by atoms with E-state index in [1.165, 1.54) is 13.3 Å². The quantitative estimate of drug-likeness (QED) is 0.0662. The number of imidazole rings is 1. The maximum absolute atomic E-state index is 13.0. The summed E-state index contributed by atoms with van der Waals surface area (Å²) in [6.07, 6.45) is 3.78. The van der Waals surface area contributed by atoms with Crippen molar-refractivity contribution >= 4 is 29.1 Å². The van der Waals surface area contributed by atoms with Gasteiger partial charge in [-0.1, -0.05) is 36.6 Å². The van der Waals surface area contributed by atoms with E-state index in [-0.39, 0.29) is 5.92 Å². The molecule has 2 heterocycles. The van der Waals surface area contributed by atoms with E-state index in [0.717, 1.165) is 46.5 Å². The molecule has 1 atom stereocenters. The molecule has 1 aliphatic carbocycles. The Balaban J connectivity index is 1.44. The highest BCUT2D eigenvalue weighted by molar-refractivity contribution is 6.31. The number of amides is 1. The molecule has 10 nitrogen and oxygen atoms in total. The molecule has 0 bridgehead atoms. The predicted octanol–water partition coefficient (Wildman–Crippen LogP) is 5.78. The molecule has 0 spiro atoms. The van der Waals surface area contributed by atoms with Crippen molar-refractivity contribution < 1.29 is 28.2 Å². The SMILES string of the molecule is COC(=O)Nc1ccc(-c2cnc(C(CC3CC3)c3ccc(-c4cc(Cl)ccc4N(N)/C=C(\N)C(F)F)c[n+]3O)[nH]2)cc1. The standard InChI is InChI=1S/C30H30ClF2N7O3/c1-43-30(41)37-21-8-4-18(5-9-21)25-14-36-29(38-25)23(12-17-2-3-17)27-10-6-19(15-40(27)42)22-13-20(31)7-11-26(22)39(35)16-24(34)28(32)33/h4-11,13-17,23,28H,2-3,12,34-35H2,1H3,(H2-,36,37,38,41,42)/p+1/b24-16-. The number of H-pyrrole nitrogens is 1. The number of nitrogens with zero attached hydrogens (tertiary/aromatic N) is 3. The molecule has 0 aliphatic heterocycles. The van der Waals surface area contributed by atoms with Crippen molar-refractivity contribution in [3.05, 3.63) is 95.4 Å². The molecule has 2 aromatic heterocycles. The number of anilines is 2. The van der Waals surface area contributed by atoms with Gasteiger partial charge in [-0.25, -0.2) is 24.4 Å². The number of aromatic amines is 1. The van der Waals surface area contributed by atoms with Crippen LogP contribution in [0.25, 0.3) is 22.4 Å². The number of hydrogen-bond acceptors (Lipinski definition) is 7. The lowest BCUT2D eigenvalue weighted by Crippen LogP contribution is -2.37. The van der Waals surface area contributed by atoms with E-state index in [0.29, 0.717) is 45.0 Å². The van der Waals surface area contributed by atoms with Crippen LogP contribution in [0, 0.1) is 5.92 Å². The van der Waals surface area contributed by atoms with Gasteiger partial charge in [0.15, 0.2) is 0 Å². The monoisotopic (exact) mass is 610 g/mol. The fourth-order valence-corrected chi connectivity index (χ4v) is 4.98. The molecule has 4 aromatic rings. The molecule has 1 amide bonds. The third-order valence-corrected chi connectivity index (χ3v) is 7.46. The van der Waals surface area contributed by atoms with Crippen LogP contribution in [0.1, 0.15) is 36.7 Å². The Hall–Kier alpha value is -4.68. The maximum atomic E-state index is 13.0. The van der Waals surface area contributed by atoms with Gasteiger partial charge in [-0.2, -0.15) is 0 Å². The van der Waals surface area contributed by atoms with Crippen molar-refractivity contribution in [3.8, 4) is 22.4 Å². The van der Waals surface area contributed by atoms with E-state index >= 15 is 0 Å². The van der Waals surface area contributed by atoms with Gasteiger partial charge in [0.05, 0.1) is 35.9 Å². The number of nitrogens with two attached hydrogens (primary N) is 2. The highest BCUT2D eigenvalue weighted by Gasteiger charge is 2.34. The molecule has 0 saturated heterocycles. The Morgan fingerprint density at radius 2 is 1.95 bits per heavy atom. The van der Waals surface area contributed by atoms with E-state index in [1.54, 1.807) is 42.6 Å². The number of nitrogens with one attached hydrogen (secondary N) is 2. The fourth-order valence-electron chi connectivity index (χ4n) is 4.81. The van der Waals surface area contributed by atoms with Crippen LogP contribution in [-0.2, 0) is 4.74 Å². The fraction of sp³-hybridized carbons (Fsp3) is 0.233. The molecule has 5 rings (SSSR count). The molecule has 1 aliphatic rings. The number of carbonyl (C=O) groups is 1. The molecular formula is C30H31ClF2N7O3+. The molecule has 224 valence electrons. The average molecular weight is 611 g/mol. The number of aromatic nitrogens is 3. The zero-order chi connectivity index (χ0) is 30.7. The zero-order valence-corrected chi connectivity index (χ0v) is 23.9. The minimum atomic E-state index is -2.87. The van der Waals surface area contributed by atoms with Crippen LogP contribution in [0.15, 0.2) is 78.9 Å². The van der Waals surface area contributed by atoms with Crippen LogP contribution in [0.3, 0.4) is 0 Å². The van der Waals surface area contributed by atoms with Gasteiger partial charge in [0.25, 0.3) is 6.43 Å². The summed E-state index contributed by atoms with van der Waals surface area (Å²) in [7, 11) is 1.30. The Morgan fingerprint density at radius 1 is 1.23 bits per heavy atom.